The molecule has 2 aliphatic rings. The van der Waals surface area contributed by atoms with Crippen molar-refractivity contribution < 1.29 is 4.39 Å². The third-order valence-corrected chi connectivity index (χ3v) is 5.34. The molecular formula is C23H27FN6. The van der Waals surface area contributed by atoms with Crippen LogP contribution in [0.15, 0.2) is 65.7 Å². The second kappa shape index (κ2) is 8.57. The Balaban J connectivity index is 1.65. The van der Waals surface area contributed by atoms with Gasteiger partial charge < -0.3 is 20.4 Å². The van der Waals surface area contributed by atoms with E-state index < -0.39 is 0 Å². The highest BCUT2D eigenvalue weighted by Gasteiger charge is 2.23. The van der Waals surface area contributed by atoms with Crippen LogP contribution in [0.25, 0.3) is 11.3 Å². The van der Waals surface area contributed by atoms with Crippen LogP contribution in [0.4, 0.5) is 15.9 Å². The van der Waals surface area contributed by atoms with Gasteiger partial charge in [-0.2, -0.15) is 0 Å². The standard InChI is InChI=1S/C23H27FN6/c1-4-21-25-12-11-22(28-21)26-16(2)30-14-6-13-29(3)20-10-9-19(27-23(20)30)17-7-5-8-18(24)15-17/h5,7-12,15,21,26,28H,2,4,6,13-14H2,1,3H3. The van der Waals surface area contributed by atoms with Crippen molar-refractivity contribution in [2.75, 3.05) is 29.9 Å². The highest BCUT2D eigenvalue weighted by molar-refractivity contribution is 5.75. The Morgan fingerprint density at radius 2 is 2.17 bits per heavy atom. The zero-order chi connectivity index (χ0) is 21.1. The van der Waals surface area contributed by atoms with E-state index in [1.165, 1.54) is 12.1 Å². The summed E-state index contributed by atoms with van der Waals surface area (Å²) in [7, 11) is 2.07. The second-order valence-electron chi connectivity index (χ2n) is 7.49. The molecule has 2 aromatic rings. The number of pyridine rings is 1. The summed E-state index contributed by atoms with van der Waals surface area (Å²) in [6.45, 7) is 8.06. The minimum atomic E-state index is -0.272. The molecule has 2 aliphatic heterocycles. The van der Waals surface area contributed by atoms with Crippen molar-refractivity contribution in [3.8, 4) is 11.3 Å². The molecule has 1 atom stereocenters. The highest BCUT2D eigenvalue weighted by Crippen LogP contribution is 2.34. The lowest BCUT2D eigenvalue weighted by atomic mass is 10.1. The highest BCUT2D eigenvalue weighted by atomic mass is 19.1. The van der Waals surface area contributed by atoms with Crippen LogP contribution >= 0.6 is 0 Å². The molecule has 0 saturated carbocycles. The molecule has 30 heavy (non-hydrogen) atoms. The fourth-order valence-electron chi connectivity index (χ4n) is 3.70. The minimum Gasteiger partial charge on any atom is -0.372 e. The minimum absolute atomic E-state index is 0.0607. The molecular weight excluding hydrogens is 379 g/mol. The first-order valence-electron chi connectivity index (χ1n) is 10.3. The van der Waals surface area contributed by atoms with Crippen LogP contribution < -0.4 is 20.4 Å². The van der Waals surface area contributed by atoms with Gasteiger partial charge in [-0.25, -0.2) is 9.37 Å². The number of benzene rings is 1. The van der Waals surface area contributed by atoms with E-state index in [1.54, 1.807) is 6.07 Å². The molecule has 7 heteroatoms. The van der Waals surface area contributed by atoms with E-state index in [9.17, 15) is 4.39 Å². The van der Waals surface area contributed by atoms with E-state index in [0.29, 0.717) is 0 Å². The Morgan fingerprint density at radius 3 is 2.97 bits per heavy atom. The zero-order valence-corrected chi connectivity index (χ0v) is 17.4. The van der Waals surface area contributed by atoms with Gasteiger partial charge >= 0.3 is 0 Å². The Hall–Kier alpha value is -3.35. The summed E-state index contributed by atoms with van der Waals surface area (Å²) in [5.41, 5.74) is 2.51. The van der Waals surface area contributed by atoms with Crippen LogP contribution in [-0.2, 0) is 0 Å². The summed E-state index contributed by atoms with van der Waals surface area (Å²) in [6.07, 6.45) is 5.64. The van der Waals surface area contributed by atoms with Gasteiger partial charge in [0.05, 0.1) is 11.4 Å². The van der Waals surface area contributed by atoms with E-state index in [-0.39, 0.29) is 12.0 Å². The molecule has 1 unspecified atom stereocenters. The molecule has 0 saturated heterocycles. The number of fused-ring (bicyclic) bond motifs is 1. The lowest BCUT2D eigenvalue weighted by molar-refractivity contribution is 0.545. The maximum absolute atomic E-state index is 13.8. The van der Waals surface area contributed by atoms with Gasteiger partial charge in [0.1, 0.15) is 23.6 Å². The molecule has 1 aromatic heterocycles. The van der Waals surface area contributed by atoms with E-state index in [2.05, 4.69) is 46.0 Å². The number of nitrogens with one attached hydrogen (secondary N) is 2. The number of aromatic nitrogens is 1. The third kappa shape index (κ3) is 4.15. The Labute approximate surface area is 176 Å². The topological polar surface area (TPSA) is 55.8 Å². The molecule has 156 valence electrons. The first kappa shape index (κ1) is 19.9. The Kier molecular flexibility index (Phi) is 5.70. The van der Waals surface area contributed by atoms with Crippen LogP contribution in [0, 0.1) is 5.82 Å². The van der Waals surface area contributed by atoms with Gasteiger partial charge in [-0.05, 0) is 43.2 Å². The summed E-state index contributed by atoms with van der Waals surface area (Å²) in [5, 5.41) is 6.73. The van der Waals surface area contributed by atoms with E-state index in [4.69, 9.17) is 4.98 Å². The molecule has 0 radical (unpaired) electrons. The molecule has 0 bridgehead atoms. The number of hydrogen-bond acceptors (Lipinski definition) is 6. The first-order chi connectivity index (χ1) is 14.5. The van der Waals surface area contributed by atoms with Crippen LogP contribution in [0.3, 0.4) is 0 Å². The number of nitrogens with zero attached hydrogens (tertiary/aromatic N) is 4. The van der Waals surface area contributed by atoms with Crippen LogP contribution in [0.2, 0.25) is 0 Å². The zero-order valence-electron chi connectivity index (χ0n) is 17.4. The van der Waals surface area contributed by atoms with Gasteiger partial charge in [-0.1, -0.05) is 25.6 Å². The van der Waals surface area contributed by atoms with Gasteiger partial charge in [0, 0.05) is 31.9 Å². The summed E-state index contributed by atoms with van der Waals surface area (Å²) in [6, 6.07) is 10.5. The molecule has 0 amide bonds. The van der Waals surface area contributed by atoms with Crippen molar-refractivity contribution in [1.82, 2.24) is 15.6 Å². The fraction of sp³-hybridized carbons (Fsp3) is 0.304. The van der Waals surface area contributed by atoms with Gasteiger partial charge in [-0.3, -0.25) is 4.99 Å². The average molecular weight is 407 g/mol. The normalized spacial score (nSPS) is 18.2. The Morgan fingerprint density at radius 1 is 1.30 bits per heavy atom. The summed E-state index contributed by atoms with van der Waals surface area (Å²) < 4.78 is 13.8. The number of allylic oxidation sites excluding steroid dienone is 1. The SMILES string of the molecule is C=C(NC1=CC=NC(CC)N1)N1CCCN(C)c2ccc(-c3cccc(F)c3)nc21. The fourth-order valence-corrected chi connectivity index (χ4v) is 3.70. The smallest absolute Gasteiger partial charge is 0.158 e. The van der Waals surface area contributed by atoms with Gasteiger partial charge in [0.2, 0.25) is 0 Å². The Bertz CT molecular complexity index is 999. The summed E-state index contributed by atoms with van der Waals surface area (Å²) in [4.78, 5) is 13.6. The van der Waals surface area contributed by atoms with Crippen LogP contribution in [0.5, 0.6) is 0 Å². The molecule has 3 heterocycles. The molecule has 0 aliphatic carbocycles. The quantitative estimate of drug-likeness (QED) is 0.790. The number of hydrogen-bond donors (Lipinski definition) is 2. The van der Waals surface area contributed by atoms with Crippen LogP contribution in [-0.4, -0.2) is 37.5 Å². The molecule has 2 N–H and O–H groups in total. The van der Waals surface area contributed by atoms with Crippen molar-refractivity contribution in [3.63, 3.8) is 0 Å². The predicted molar refractivity (Wildman–Crippen MR) is 121 cm³/mol. The maximum Gasteiger partial charge on any atom is 0.158 e. The number of anilines is 2. The monoisotopic (exact) mass is 406 g/mol. The molecule has 0 fully saturated rings. The molecule has 0 spiro atoms. The molecule has 1 aromatic carbocycles. The summed E-state index contributed by atoms with van der Waals surface area (Å²) in [5.74, 6) is 2.14. The molecule has 6 nitrogen and oxygen atoms in total. The second-order valence-corrected chi connectivity index (χ2v) is 7.49. The lowest BCUT2D eigenvalue weighted by Gasteiger charge is -2.29. The van der Waals surface area contributed by atoms with Crippen molar-refractivity contribution >= 4 is 17.7 Å². The third-order valence-electron chi connectivity index (χ3n) is 5.34. The van der Waals surface area contributed by atoms with Gasteiger partial charge in [0.25, 0.3) is 0 Å². The maximum atomic E-state index is 13.8. The number of rotatable bonds is 5. The van der Waals surface area contributed by atoms with Crippen molar-refractivity contribution in [3.05, 3.63) is 66.5 Å². The first-order valence-corrected chi connectivity index (χ1v) is 10.3. The average Bonchev–Trinajstić information content (AvgIpc) is 2.92. The van der Waals surface area contributed by atoms with Crippen LogP contribution in [0.1, 0.15) is 19.8 Å². The predicted octanol–water partition coefficient (Wildman–Crippen LogP) is 3.85. The van der Waals surface area contributed by atoms with Crippen molar-refractivity contribution in [2.24, 2.45) is 4.99 Å². The van der Waals surface area contributed by atoms with E-state index in [0.717, 1.165) is 60.3 Å². The summed E-state index contributed by atoms with van der Waals surface area (Å²) >= 11 is 0. The van der Waals surface area contributed by atoms with Crippen molar-refractivity contribution in [2.45, 2.75) is 25.9 Å². The van der Waals surface area contributed by atoms with Gasteiger partial charge in [-0.15, -0.1) is 0 Å². The van der Waals surface area contributed by atoms with Crippen molar-refractivity contribution in [1.29, 1.82) is 0 Å². The van der Waals surface area contributed by atoms with E-state index in [1.807, 2.05) is 30.5 Å². The largest absolute Gasteiger partial charge is 0.372 e. The molecule has 4 rings (SSSR count). The number of halogens is 1. The van der Waals surface area contributed by atoms with E-state index >= 15 is 0 Å². The van der Waals surface area contributed by atoms with Gasteiger partial charge in [0.15, 0.2) is 5.82 Å². The lowest BCUT2D eigenvalue weighted by Crippen LogP contribution is -2.40. The number of aliphatic imine (C=N–C) groups is 1.